The maximum absolute atomic E-state index is 11.6. The fraction of sp³-hybridized carbons (Fsp3) is 0.611. The molecule has 6 nitrogen and oxygen atoms in total. The first-order chi connectivity index (χ1) is 11.9. The lowest BCUT2D eigenvalue weighted by molar-refractivity contribution is -0.148. The van der Waals surface area contributed by atoms with Gasteiger partial charge in [0.1, 0.15) is 5.54 Å². The number of unbranched alkanes of at least 4 members (excludes halogenated alkanes) is 1. The maximum Gasteiger partial charge on any atom is 0.451 e. The Morgan fingerprint density at radius 2 is 1.92 bits per heavy atom. The van der Waals surface area contributed by atoms with Crippen LogP contribution in [0.4, 0.5) is 0 Å². The lowest BCUT2D eigenvalue weighted by atomic mass is 9.66. The number of aliphatic carboxylic acids is 1. The van der Waals surface area contributed by atoms with Gasteiger partial charge in [-0.2, -0.15) is 0 Å². The van der Waals surface area contributed by atoms with E-state index < -0.39 is 18.6 Å². The number of hydrogen-bond donors (Lipinski definition) is 5. The lowest BCUT2D eigenvalue weighted by Gasteiger charge is -2.45. The van der Waals surface area contributed by atoms with Crippen LogP contribution in [0.1, 0.15) is 37.7 Å². The molecule has 138 valence electrons. The van der Waals surface area contributed by atoms with E-state index in [0.29, 0.717) is 25.3 Å². The Labute approximate surface area is 149 Å². The van der Waals surface area contributed by atoms with Crippen molar-refractivity contribution in [3.63, 3.8) is 0 Å². The van der Waals surface area contributed by atoms with E-state index >= 15 is 0 Å². The Morgan fingerprint density at radius 3 is 2.52 bits per heavy atom. The molecule has 0 radical (unpaired) electrons. The Bertz CT molecular complexity index is 537. The average Bonchev–Trinajstić information content (AvgIpc) is 2.54. The molecule has 2 rings (SSSR count). The Balaban J connectivity index is 1.70. The molecule has 1 aliphatic carbocycles. The molecular formula is C18H29BN2O4. The fourth-order valence-corrected chi connectivity index (χ4v) is 3.50. The van der Waals surface area contributed by atoms with E-state index in [0.717, 1.165) is 25.8 Å². The summed E-state index contributed by atoms with van der Waals surface area (Å²) in [5.41, 5.74) is 6.27. The van der Waals surface area contributed by atoms with Crippen molar-refractivity contribution in [1.29, 1.82) is 0 Å². The van der Waals surface area contributed by atoms with Gasteiger partial charge in [-0.25, -0.2) is 0 Å². The van der Waals surface area contributed by atoms with Gasteiger partial charge in [0.15, 0.2) is 0 Å². The van der Waals surface area contributed by atoms with E-state index in [1.807, 2.05) is 18.2 Å². The molecule has 25 heavy (non-hydrogen) atoms. The molecule has 0 heterocycles. The van der Waals surface area contributed by atoms with Crippen molar-refractivity contribution in [2.75, 3.05) is 6.54 Å². The molecule has 1 fully saturated rings. The second-order valence-corrected chi connectivity index (χ2v) is 7.13. The molecule has 0 spiro atoms. The molecule has 6 N–H and O–H groups in total. The van der Waals surface area contributed by atoms with Gasteiger partial charge in [0.25, 0.3) is 0 Å². The minimum Gasteiger partial charge on any atom is -0.480 e. The fourth-order valence-electron chi connectivity index (χ4n) is 3.50. The summed E-state index contributed by atoms with van der Waals surface area (Å²) in [5.74, 6) is -0.983. The highest BCUT2D eigenvalue weighted by Crippen LogP contribution is 2.38. The number of nitrogens with two attached hydrogens (primary N) is 1. The van der Waals surface area contributed by atoms with Gasteiger partial charge in [0.2, 0.25) is 0 Å². The van der Waals surface area contributed by atoms with Gasteiger partial charge in [-0.1, -0.05) is 43.2 Å². The number of rotatable bonds is 11. The summed E-state index contributed by atoms with van der Waals surface area (Å²) < 4.78 is 0. The highest BCUT2D eigenvalue weighted by Gasteiger charge is 2.47. The Kier molecular flexibility index (Phi) is 7.44. The highest BCUT2D eigenvalue weighted by atomic mass is 16.4. The highest BCUT2D eigenvalue weighted by molar-refractivity contribution is 6.40. The van der Waals surface area contributed by atoms with E-state index in [9.17, 15) is 9.90 Å². The van der Waals surface area contributed by atoms with Gasteiger partial charge < -0.3 is 26.2 Å². The molecule has 0 amide bonds. The van der Waals surface area contributed by atoms with Crippen LogP contribution in [0.15, 0.2) is 30.3 Å². The van der Waals surface area contributed by atoms with E-state index in [4.69, 9.17) is 15.8 Å². The van der Waals surface area contributed by atoms with E-state index in [-0.39, 0.29) is 12.2 Å². The molecule has 0 aromatic heterocycles. The molecule has 0 saturated heterocycles. The second kappa shape index (κ2) is 9.34. The van der Waals surface area contributed by atoms with Gasteiger partial charge in [0.05, 0.1) is 0 Å². The molecule has 7 heteroatoms. The van der Waals surface area contributed by atoms with Crippen molar-refractivity contribution < 1.29 is 19.9 Å². The predicted molar refractivity (Wildman–Crippen MR) is 98.1 cm³/mol. The summed E-state index contributed by atoms with van der Waals surface area (Å²) in [6.45, 7) is 0.875. The largest absolute Gasteiger partial charge is 0.480 e. The van der Waals surface area contributed by atoms with Gasteiger partial charge in [0, 0.05) is 6.04 Å². The quantitative estimate of drug-likeness (QED) is 0.301. The third kappa shape index (κ3) is 5.82. The molecule has 1 unspecified atom stereocenters. The van der Waals surface area contributed by atoms with Crippen molar-refractivity contribution in [3.05, 3.63) is 35.9 Å². The molecule has 1 aromatic rings. The van der Waals surface area contributed by atoms with Crippen LogP contribution in [-0.2, 0) is 11.2 Å². The van der Waals surface area contributed by atoms with E-state index in [1.54, 1.807) is 0 Å². The SMILES string of the molecule is NC(CCCCB(O)O)(C(=O)O)C1CC(NCCc2ccccc2)C1. The third-order valence-corrected chi connectivity index (χ3v) is 5.26. The number of carboxylic acid groups (broad SMARTS) is 1. The summed E-state index contributed by atoms with van der Waals surface area (Å²) in [4.78, 5) is 11.6. The number of carboxylic acids is 1. The van der Waals surface area contributed by atoms with Crippen LogP contribution in [0.5, 0.6) is 0 Å². The minimum absolute atomic E-state index is 0.0294. The Morgan fingerprint density at radius 1 is 1.24 bits per heavy atom. The molecule has 1 aromatic carbocycles. The monoisotopic (exact) mass is 348 g/mol. The van der Waals surface area contributed by atoms with E-state index in [1.165, 1.54) is 5.56 Å². The lowest BCUT2D eigenvalue weighted by Crippen LogP contribution is -2.61. The van der Waals surface area contributed by atoms with Crippen molar-refractivity contribution in [3.8, 4) is 0 Å². The van der Waals surface area contributed by atoms with Gasteiger partial charge in [-0.3, -0.25) is 4.79 Å². The molecule has 0 bridgehead atoms. The summed E-state index contributed by atoms with van der Waals surface area (Å²) in [5, 5.41) is 30.7. The first-order valence-electron chi connectivity index (χ1n) is 9.07. The molecule has 1 atom stereocenters. The third-order valence-electron chi connectivity index (χ3n) is 5.26. The first-order valence-corrected chi connectivity index (χ1v) is 9.07. The van der Waals surface area contributed by atoms with Crippen LogP contribution >= 0.6 is 0 Å². The zero-order chi connectivity index (χ0) is 18.3. The number of carbonyl (C=O) groups is 1. The molecule has 0 aliphatic heterocycles. The van der Waals surface area contributed by atoms with Crippen molar-refractivity contribution in [2.24, 2.45) is 11.7 Å². The van der Waals surface area contributed by atoms with Gasteiger partial charge >= 0.3 is 13.1 Å². The predicted octanol–water partition coefficient (Wildman–Crippen LogP) is 1.02. The summed E-state index contributed by atoms with van der Waals surface area (Å²) in [7, 11) is -1.33. The number of nitrogens with one attached hydrogen (secondary N) is 1. The van der Waals surface area contributed by atoms with Crippen LogP contribution in [0.25, 0.3) is 0 Å². The zero-order valence-electron chi connectivity index (χ0n) is 14.6. The van der Waals surface area contributed by atoms with Crippen molar-refractivity contribution >= 4 is 13.1 Å². The summed E-state index contributed by atoms with van der Waals surface area (Å²) >= 11 is 0. The normalized spacial score (nSPS) is 22.0. The van der Waals surface area contributed by atoms with Crippen LogP contribution in [-0.4, -0.2) is 46.4 Å². The van der Waals surface area contributed by atoms with Gasteiger partial charge in [-0.15, -0.1) is 0 Å². The molecule has 1 aliphatic rings. The Hall–Kier alpha value is -1.41. The standard InChI is InChI=1S/C18H29BN2O4/c20-18(17(22)23,9-4-5-10-19(24)25)15-12-16(13-15)21-11-8-14-6-2-1-3-7-14/h1-3,6-7,15-16,21,24-25H,4-5,8-13,20H2,(H,22,23). The van der Waals surface area contributed by atoms with Gasteiger partial charge in [-0.05, 0) is 50.0 Å². The van der Waals surface area contributed by atoms with Crippen LogP contribution in [0, 0.1) is 5.92 Å². The average molecular weight is 348 g/mol. The topological polar surface area (TPSA) is 116 Å². The molecular weight excluding hydrogens is 319 g/mol. The summed E-state index contributed by atoms with van der Waals surface area (Å²) in [6, 6.07) is 10.6. The molecule has 1 saturated carbocycles. The van der Waals surface area contributed by atoms with Crippen LogP contribution in [0.3, 0.4) is 0 Å². The summed E-state index contributed by atoms with van der Waals surface area (Å²) in [6.07, 6.45) is 4.29. The smallest absolute Gasteiger partial charge is 0.451 e. The minimum atomic E-state index is -1.33. The first kappa shape index (κ1) is 19.9. The van der Waals surface area contributed by atoms with Crippen molar-refractivity contribution in [2.45, 2.75) is 56.4 Å². The second-order valence-electron chi connectivity index (χ2n) is 7.13. The maximum atomic E-state index is 11.6. The van der Waals surface area contributed by atoms with Crippen molar-refractivity contribution in [1.82, 2.24) is 5.32 Å². The van der Waals surface area contributed by atoms with Crippen LogP contribution < -0.4 is 11.1 Å². The van der Waals surface area contributed by atoms with E-state index in [2.05, 4.69) is 17.4 Å². The number of benzene rings is 1. The van der Waals surface area contributed by atoms with Crippen LogP contribution in [0.2, 0.25) is 6.32 Å². The number of hydrogen-bond acceptors (Lipinski definition) is 5. The zero-order valence-corrected chi connectivity index (χ0v) is 14.6.